The molecule has 1 N–H and O–H groups in total. The summed E-state index contributed by atoms with van der Waals surface area (Å²) in [6, 6.07) is 7.13. The van der Waals surface area contributed by atoms with Crippen LogP contribution in [0.4, 0.5) is 5.69 Å². The van der Waals surface area contributed by atoms with Crippen molar-refractivity contribution in [2.24, 2.45) is 5.92 Å². The van der Waals surface area contributed by atoms with Crippen LogP contribution in [0.15, 0.2) is 22.7 Å². The largest absolute Gasteiger partial charge is 0.497 e. The third-order valence-corrected chi connectivity index (χ3v) is 4.47. The fraction of sp³-hybridized carbons (Fsp3) is 0.600. The van der Waals surface area contributed by atoms with Gasteiger partial charge in [-0.15, -0.1) is 0 Å². The third kappa shape index (κ3) is 3.42. The molecule has 1 heterocycles. The van der Waals surface area contributed by atoms with Gasteiger partial charge in [-0.3, -0.25) is 0 Å². The lowest BCUT2D eigenvalue weighted by molar-refractivity contribution is 0.414. The summed E-state index contributed by atoms with van der Waals surface area (Å²) in [5, 5.41) is 3.64. The van der Waals surface area contributed by atoms with E-state index in [0.717, 1.165) is 35.3 Å². The number of methoxy groups -OCH3 is 1. The molecule has 1 aliphatic heterocycles. The minimum absolute atomic E-state index is 0.783. The van der Waals surface area contributed by atoms with Crippen molar-refractivity contribution in [3.63, 3.8) is 0 Å². The maximum Gasteiger partial charge on any atom is 0.122 e. The van der Waals surface area contributed by atoms with E-state index < -0.39 is 0 Å². The zero-order chi connectivity index (χ0) is 13.2. The van der Waals surface area contributed by atoms with Gasteiger partial charge >= 0.3 is 0 Å². The second-order valence-corrected chi connectivity index (χ2v) is 6.55. The molecule has 1 aliphatic carbocycles. The van der Waals surface area contributed by atoms with E-state index in [2.05, 4.69) is 38.3 Å². The first-order valence-electron chi connectivity index (χ1n) is 7.07. The van der Waals surface area contributed by atoms with Crippen LogP contribution in [0, 0.1) is 5.92 Å². The summed E-state index contributed by atoms with van der Waals surface area (Å²) in [5.41, 5.74) is 1.26. The van der Waals surface area contributed by atoms with E-state index in [0.29, 0.717) is 0 Å². The summed E-state index contributed by atoms with van der Waals surface area (Å²) in [5.74, 6) is 1.70. The van der Waals surface area contributed by atoms with E-state index >= 15 is 0 Å². The van der Waals surface area contributed by atoms with E-state index in [1.54, 1.807) is 7.11 Å². The smallest absolute Gasteiger partial charge is 0.122 e. The van der Waals surface area contributed by atoms with Gasteiger partial charge in [0.15, 0.2) is 0 Å². The van der Waals surface area contributed by atoms with Gasteiger partial charge in [-0.25, -0.2) is 0 Å². The van der Waals surface area contributed by atoms with Gasteiger partial charge in [-0.05, 0) is 43.9 Å². The summed E-state index contributed by atoms with van der Waals surface area (Å²) in [7, 11) is 1.72. The van der Waals surface area contributed by atoms with E-state index in [1.807, 2.05) is 6.07 Å². The molecular formula is C15H21BrN2O. The second-order valence-electron chi connectivity index (χ2n) is 5.63. The summed E-state index contributed by atoms with van der Waals surface area (Å²) < 4.78 is 6.42. The van der Waals surface area contributed by atoms with Crippen LogP contribution in [-0.4, -0.2) is 32.8 Å². The second kappa shape index (κ2) is 5.71. The minimum Gasteiger partial charge on any atom is -0.497 e. The van der Waals surface area contributed by atoms with E-state index in [-0.39, 0.29) is 0 Å². The number of nitrogens with one attached hydrogen (secondary N) is 1. The molecule has 0 spiro atoms. The lowest BCUT2D eigenvalue weighted by Gasteiger charge is -2.20. The van der Waals surface area contributed by atoms with Gasteiger partial charge in [0, 0.05) is 35.4 Å². The van der Waals surface area contributed by atoms with Crippen LogP contribution in [0.3, 0.4) is 0 Å². The van der Waals surface area contributed by atoms with Crippen molar-refractivity contribution >= 4 is 21.6 Å². The van der Waals surface area contributed by atoms with Crippen LogP contribution in [0.2, 0.25) is 0 Å². The van der Waals surface area contributed by atoms with Gasteiger partial charge in [0.1, 0.15) is 5.75 Å². The number of nitrogens with zero attached hydrogens (tertiary/aromatic N) is 1. The Hall–Kier alpha value is -0.740. The number of hydrogen-bond donors (Lipinski definition) is 1. The topological polar surface area (TPSA) is 24.5 Å². The summed E-state index contributed by atoms with van der Waals surface area (Å²) in [4.78, 5) is 2.46. The summed E-state index contributed by atoms with van der Waals surface area (Å²) in [6.45, 7) is 3.47. The molecule has 1 atom stereocenters. The molecule has 2 aliphatic rings. The molecule has 0 radical (unpaired) electrons. The fourth-order valence-corrected chi connectivity index (χ4v) is 3.16. The maximum atomic E-state index is 5.34. The van der Waals surface area contributed by atoms with Crippen molar-refractivity contribution in [3.05, 3.63) is 22.7 Å². The van der Waals surface area contributed by atoms with Gasteiger partial charge in [0.25, 0.3) is 0 Å². The molecule has 1 aromatic carbocycles. The number of benzene rings is 1. The molecule has 104 valence electrons. The highest BCUT2D eigenvalue weighted by Gasteiger charge is 2.26. The number of halogens is 1. The van der Waals surface area contributed by atoms with Gasteiger partial charge in [0.2, 0.25) is 0 Å². The average Bonchev–Trinajstić information content (AvgIpc) is 3.12. The zero-order valence-corrected chi connectivity index (χ0v) is 12.9. The first-order valence-corrected chi connectivity index (χ1v) is 7.87. The molecule has 1 aromatic rings. The molecule has 0 aromatic heterocycles. The molecule has 4 heteroatoms. The van der Waals surface area contributed by atoms with Crippen LogP contribution in [0.5, 0.6) is 5.75 Å². The zero-order valence-electron chi connectivity index (χ0n) is 11.4. The molecule has 1 saturated carbocycles. The lowest BCUT2D eigenvalue weighted by atomic mass is 10.1. The third-order valence-electron chi connectivity index (χ3n) is 4.02. The molecule has 3 nitrogen and oxygen atoms in total. The Morgan fingerprint density at radius 2 is 2.16 bits per heavy atom. The number of anilines is 1. The van der Waals surface area contributed by atoms with Crippen LogP contribution in [-0.2, 0) is 0 Å². The first-order chi connectivity index (χ1) is 9.24. The van der Waals surface area contributed by atoms with Crippen LogP contribution >= 0.6 is 15.9 Å². The number of hydrogen-bond acceptors (Lipinski definition) is 3. The van der Waals surface area contributed by atoms with Crippen molar-refractivity contribution < 1.29 is 4.74 Å². The number of ether oxygens (including phenoxy) is 1. The Bertz CT molecular complexity index is 448. The highest BCUT2D eigenvalue weighted by atomic mass is 79.9. The molecule has 0 amide bonds. The molecule has 3 rings (SSSR count). The monoisotopic (exact) mass is 324 g/mol. The minimum atomic E-state index is 0.783. The predicted octanol–water partition coefficient (Wildman–Crippen LogP) is 3.04. The van der Waals surface area contributed by atoms with E-state index in [1.165, 1.54) is 31.5 Å². The van der Waals surface area contributed by atoms with E-state index in [4.69, 9.17) is 4.74 Å². The Labute approximate surface area is 123 Å². The Kier molecular flexibility index (Phi) is 3.99. The summed E-state index contributed by atoms with van der Waals surface area (Å²) >= 11 is 3.56. The van der Waals surface area contributed by atoms with Crippen LogP contribution < -0.4 is 15.0 Å². The molecule has 1 saturated heterocycles. The number of rotatable bonds is 5. The van der Waals surface area contributed by atoms with Crippen molar-refractivity contribution in [3.8, 4) is 5.75 Å². The van der Waals surface area contributed by atoms with Crippen molar-refractivity contribution in [1.29, 1.82) is 0 Å². The van der Waals surface area contributed by atoms with Crippen molar-refractivity contribution in [2.75, 3.05) is 31.6 Å². The van der Waals surface area contributed by atoms with E-state index in [9.17, 15) is 0 Å². The van der Waals surface area contributed by atoms with Gasteiger partial charge in [0.05, 0.1) is 7.11 Å². The lowest BCUT2D eigenvalue weighted by Crippen LogP contribution is -2.27. The highest BCUT2D eigenvalue weighted by Crippen LogP contribution is 2.31. The quantitative estimate of drug-likeness (QED) is 0.901. The average molecular weight is 325 g/mol. The molecule has 2 fully saturated rings. The summed E-state index contributed by atoms with van der Waals surface area (Å²) in [6.07, 6.45) is 4.03. The normalized spacial score (nSPS) is 22.8. The van der Waals surface area contributed by atoms with Crippen LogP contribution in [0.1, 0.15) is 19.3 Å². The molecule has 19 heavy (non-hydrogen) atoms. The van der Waals surface area contributed by atoms with Gasteiger partial charge in [-0.2, -0.15) is 0 Å². The maximum absolute atomic E-state index is 5.34. The Morgan fingerprint density at radius 3 is 2.89 bits per heavy atom. The Balaban J connectivity index is 1.61. The van der Waals surface area contributed by atoms with Crippen molar-refractivity contribution in [1.82, 2.24) is 5.32 Å². The van der Waals surface area contributed by atoms with Gasteiger partial charge < -0.3 is 15.0 Å². The SMILES string of the molecule is COc1cc(Br)cc(N2CCC(CNC3CC3)C2)c1. The first kappa shape index (κ1) is 13.3. The van der Waals surface area contributed by atoms with Crippen LogP contribution in [0.25, 0.3) is 0 Å². The molecule has 0 bridgehead atoms. The standard InChI is InChI=1S/C15H21BrN2O/c1-19-15-7-12(16)6-14(8-15)18-5-4-11(10-18)9-17-13-2-3-13/h6-8,11,13,17H,2-5,9-10H2,1H3. The van der Waals surface area contributed by atoms with Crippen molar-refractivity contribution in [2.45, 2.75) is 25.3 Å². The van der Waals surface area contributed by atoms with Gasteiger partial charge in [-0.1, -0.05) is 15.9 Å². The molecular weight excluding hydrogens is 304 g/mol. The highest BCUT2D eigenvalue weighted by molar-refractivity contribution is 9.10. The Morgan fingerprint density at radius 1 is 1.32 bits per heavy atom. The fourth-order valence-electron chi connectivity index (χ4n) is 2.70. The predicted molar refractivity (Wildman–Crippen MR) is 82.0 cm³/mol. The molecule has 1 unspecified atom stereocenters.